The van der Waals surface area contributed by atoms with Crippen LogP contribution in [0.4, 0.5) is 0 Å². The number of piperazine rings is 1. The predicted octanol–water partition coefficient (Wildman–Crippen LogP) is -0.863. The summed E-state index contributed by atoms with van der Waals surface area (Å²) in [6.07, 6.45) is 0. The van der Waals surface area contributed by atoms with E-state index < -0.39 is 12.0 Å². The number of carbonyl (C=O) groups is 3. The molecule has 2 heterocycles. The van der Waals surface area contributed by atoms with E-state index in [0.29, 0.717) is 37.8 Å². The topological polar surface area (TPSA) is 81.2 Å². The van der Waals surface area contributed by atoms with Gasteiger partial charge in [0, 0.05) is 26.2 Å². The molecule has 0 spiro atoms. The minimum absolute atomic E-state index is 0.0153. The summed E-state index contributed by atoms with van der Waals surface area (Å²) >= 11 is 1.52. The lowest BCUT2D eigenvalue weighted by Gasteiger charge is -2.37. The zero-order valence-corrected chi connectivity index (χ0v) is 12.3. The van der Waals surface area contributed by atoms with E-state index in [1.165, 1.54) is 11.8 Å². The molecule has 2 aliphatic heterocycles. The maximum atomic E-state index is 12.1. The van der Waals surface area contributed by atoms with E-state index in [9.17, 15) is 14.4 Å². The van der Waals surface area contributed by atoms with E-state index in [0.717, 1.165) is 0 Å². The van der Waals surface area contributed by atoms with E-state index >= 15 is 0 Å². The molecule has 0 aliphatic carbocycles. The summed E-state index contributed by atoms with van der Waals surface area (Å²) in [5.41, 5.74) is 0. The van der Waals surface area contributed by atoms with Crippen LogP contribution in [-0.2, 0) is 14.4 Å². The number of hydrogen-bond donors (Lipinski definition) is 1. The van der Waals surface area contributed by atoms with Crippen molar-refractivity contribution in [2.45, 2.75) is 13.0 Å². The molecule has 2 aliphatic rings. The van der Waals surface area contributed by atoms with Crippen LogP contribution in [0.25, 0.3) is 0 Å². The first-order valence-corrected chi connectivity index (χ1v) is 7.74. The van der Waals surface area contributed by atoms with Crippen LogP contribution in [0, 0.1) is 0 Å². The Bertz CT molecular complexity index is 410. The number of carbonyl (C=O) groups excluding carboxylic acids is 2. The normalized spacial score (nSPS) is 22.1. The molecule has 2 rings (SSSR count). The molecule has 7 nitrogen and oxygen atoms in total. The smallest absolute Gasteiger partial charge is 0.320 e. The van der Waals surface area contributed by atoms with E-state index in [2.05, 4.69) is 0 Å². The number of aliphatic carboxylic acids is 1. The average Bonchev–Trinajstić information content (AvgIpc) is 2.83. The summed E-state index contributed by atoms with van der Waals surface area (Å²) in [5.74, 6) is 0.159. The lowest BCUT2D eigenvalue weighted by Crippen LogP contribution is -2.54. The van der Waals surface area contributed by atoms with E-state index in [-0.39, 0.29) is 18.4 Å². The van der Waals surface area contributed by atoms with Gasteiger partial charge in [-0.05, 0) is 6.92 Å². The van der Waals surface area contributed by atoms with Gasteiger partial charge in [-0.2, -0.15) is 0 Å². The molecule has 1 unspecified atom stereocenters. The van der Waals surface area contributed by atoms with Crippen molar-refractivity contribution in [1.29, 1.82) is 0 Å². The van der Waals surface area contributed by atoms with Gasteiger partial charge in [0.05, 0.1) is 11.6 Å². The van der Waals surface area contributed by atoms with Crippen molar-refractivity contribution in [2.75, 3.05) is 44.4 Å². The SMILES string of the molecule is CC(C(=O)O)N1CCN(C(=O)CN2CSCC2=O)CC1. The van der Waals surface area contributed by atoms with Gasteiger partial charge in [0.15, 0.2) is 0 Å². The summed E-state index contributed by atoms with van der Waals surface area (Å²) in [6, 6.07) is -0.524. The molecule has 8 heteroatoms. The second-order valence-electron chi connectivity index (χ2n) is 5.00. The zero-order valence-electron chi connectivity index (χ0n) is 11.4. The molecule has 20 heavy (non-hydrogen) atoms. The van der Waals surface area contributed by atoms with Crippen molar-refractivity contribution in [1.82, 2.24) is 14.7 Å². The number of thioether (sulfide) groups is 1. The summed E-state index contributed by atoms with van der Waals surface area (Å²) in [5, 5.41) is 8.96. The summed E-state index contributed by atoms with van der Waals surface area (Å²) < 4.78 is 0. The molecule has 0 saturated carbocycles. The van der Waals surface area contributed by atoms with Crippen LogP contribution in [0.2, 0.25) is 0 Å². The lowest BCUT2D eigenvalue weighted by molar-refractivity contribution is -0.145. The van der Waals surface area contributed by atoms with Gasteiger partial charge in [-0.25, -0.2) is 0 Å². The van der Waals surface area contributed by atoms with Gasteiger partial charge in [0.25, 0.3) is 0 Å². The fourth-order valence-corrected chi connectivity index (χ4v) is 3.22. The van der Waals surface area contributed by atoms with Gasteiger partial charge in [-0.1, -0.05) is 0 Å². The van der Waals surface area contributed by atoms with Gasteiger partial charge in [0.2, 0.25) is 11.8 Å². The Hall–Kier alpha value is -1.28. The third-order valence-electron chi connectivity index (χ3n) is 3.72. The summed E-state index contributed by atoms with van der Waals surface area (Å²) in [7, 11) is 0. The Balaban J connectivity index is 1.80. The Morgan fingerprint density at radius 3 is 2.45 bits per heavy atom. The first-order valence-electron chi connectivity index (χ1n) is 6.59. The second kappa shape index (κ2) is 6.45. The third kappa shape index (κ3) is 3.43. The van der Waals surface area contributed by atoms with Crippen molar-refractivity contribution >= 4 is 29.5 Å². The van der Waals surface area contributed by atoms with Crippen LogP contribution in [0.3, 0.4) is 0 Å². The molecule has 112 valence electrons. The average molecular weight is 301 g/mol. The zero-order chi connectivity index (χ0) is 14.7. The number of hydrogen-bond acceptors (Lipinski definition) is 5. The number of carboxylic acid groups (broad SMARTS) is 1. The fraction of sp³-hybridized carbons (Fsp3) is 0.750. The molecule has 0 radical (unpaired) electrons. The highest BCUT2D eigenvalue weighted by molar-refractivity contribution is 8.00. The van der Waals surface area contributed by atoms with Crippen LogP contribution in [0.15, 0.2) is 0 Å². The van der Waals surface area contributed by atoms with E-state index in [1.54, 1.807) is 16.7 Å². The molecule has 0 aromatic carbocycles. The van der Waals surface area contributed by atoms with Crippen molar-refractivity contribution in [3.05, 3.63) is 0 Å². The standard InChI is InChI=1S/C12H19N3O4S/c1-9(12(18)19)13-2-4-14(5-3-13)10(16)6-15-8-20-7-11(15)17/h9H,2-8H2,1H3,(H,18,19). The molecular weight excluding hydrogens is 282 g/mol. The molecule has 0 aromatic heterocycles. The van der Waals surface area contributed by atoms with Gasteiger partial charge in [0.1, 0.15) is 12.6 Å². The monoisotopic (exact) mass is 301 g/mol. The molecule has 0 bridgehead atoms. The Morgan fingerprint density at radius 2 is 1.95 bits per heavy atom. The second-order valence-corrected chi connectivity index (χ2v) is 5.96. The molecule has 1 N–H and O–H groups in total. The van der Waals surface area contributed by atoms with Crippen LogP contribution in [0.1, 0.15) is 6.92 Å². The van der Waals surface area contributed by atoms with Crippen molar-refractivity contribution < 1.29 is 19.5 Å². The van der Waals surface area contributed by atoms with Crippen molar-refractivity contribution in [2.24, 2.45) is 0 Å². The number of amides is 2. The van der Waals surface area contributed by atoms with Gasteiger partial charge in [-0.3, -0.25) is 19.3 Å². The van der Waals surface area contributed by atoms with Crippen LogP contribution in [0.5, 0.6) is 0 Å². The summed E-state index contributed by atoms with van der Waals surface area (Å²) in [4.78, 5) is 39.6. The van der Waals surface area contributed by atoms with E-state index in [4.69, 9.17) is 5.11 Å². The summed E-state index contributed by atoms with van der Waals surface area (Å²) in [6.45, 7) is 3.95. The van der Waals surface area contributed by atoms with Crippen molar-refractivity contribution in [3.63, 3.8) is 0 Å². The third-order valence-corrected chi connectivity index (χ3v) is 4.67. The number of rotatable bonds is 4. The molecule has 2 saturated heterocycles. The molecular formula is C12H19N3O4S. The van der Waals surface area contributed by atoms with Crippen LogP contribution < -0.4 is 0 Å². The van der Waals surface area contributed by atoms with Gasteiger partial charge < -0.3 is 14.9 Å². The largest absolute Gasteiger partial charge is 0.480 e. The quantitative estimate of drug-likeness (QED) is 0.727. The molecule has 2 amide bonds. The fourth-order valence-electron chi connectivity index (χ4n) is 2.32. The molecule has 1 atom stereocenters. The minimum Gasteiger partial charge on any atom is -0.480 e. The number of carboxylic acids is 1. The number of nitrogens with zero attached hydrogens (tertiary/aromatic N) is 3. The van der Waals surface area contributed by atoms with Gasteiger partial charge >= 0.3 is 5.97 Å². The first kappa shape index (κ1) is 15.1. The Labute approximate surface area is 121 Å². The van der Waals surface area contributed by atoms with Crippen molar-refractivity contribution in [3.8, 4) is 0 Å². The van der Waals surface area contributed by atoms with Crippen LogP contribution in [-0.4, -0.2) is 88.0 Å². The predicted molar refractivity (Wildman–Crippen MR) is 74.3 cm³/mol. The minimum atomic E-state index is -0.843. The maximum absolute atomic E-state index is 12.1. The Morgan fingerprint density at radius 1 is 1.30 bits per heavy atom. The highest BCUT2D eigenvalue weighted by Gasteiger charge is 2.29. The Kier molecular flexibility index (Phi) is 4.87. The lowest BCUT2D eigenvalue weighted by atomic mass is 10.2. The van der Waals surface area contributed by atoms with E-state index in [1.807, 2.05) is 4.90 Å². The molecule has 0 aromatic rings. The van der Waals surface area contributed by atoms with Crippen LogP contribution >= 0.6 is 11.8 Å². The highest BCUT2D eigenvalue weighted by atomic mass is 32.2. The highest BCUT2D eigenvalue weighted by Crippen LogP contribution is 2.15. The first-order chi connectivity index (χ1) is 9.49. The van der Waals surface area contributed by atoms with Gasteiger partial charge in [-0.15, -0.1) is 11.8 Å². The molecule has 2 fully saturated rings. The maximum Gasteiger partial charge on any atom is 0.320 e.